The number of aliphatic carboxylic acids is 1. The number of aromatic nitrogens is 1. The normalized spacial score (nSPS) is 11.9. The van der Waals surface area contributed by atoms with Gasteiger partial charge in [-0.25, -0.2) is 4.98 Å². The highest BCUT2D eigenvalue weighted by atomic mass is 35.5. The Bertz CT molecular complexity index is 437. The predicted octanol–water partition coefficient (Wildman–Crippen LogP) is 1.59. The van der Waals surface area contributed by atoms with Crippen molar-refractivity contribution in [1.82, 2.24) is 10.3 Å². The lowest BCUT2D eigenvalue weighted by molar-refractivity contribution is -0.138. The van der Waals surface area contributed by atoms with Gasteiger partial charge in [0.15, 0.2) is 0 Å². The smallest absolute Gasteiger partial charge is 0.325 e. The van der Waals surface area contributed by atoms with Crippen molar-refractivity contribution in [3.63, 3.8) is 0 Å². The van der Waals surface area contributed by atoms with Gasteiger partial charge in [-0.15, -0.1) is 0 Å². The number of carbonyl (C=O) groups excluding carboxylic acids is 1. The Hall–Kier alpha value is -1.33. The minimum Gasteiger partial charge on any atom is -0.480 e. The lowest BCUT2D eigenvalue weighted by Gasteiger charge is -2.09. The van der Waals surface area contributed by atoms with Crippen LogP contribution in [0.25, 0.3) is 0 Å². The molecule has 1 amide bonds. The molecule has 0 radical (unpaired) electrons. The molecule has 0 aromatic carbocycles. The summed E-state index contributed by atoms with van der Waals surface area (Å²) in [5, 5.41) is 11.1. The van der Waals surface area contributed by atoms with Crippen LogP contribution in [-0.4, -0.2) is 28.0 Å². The van der Waals surface area contributed by atoms with Gasteiger partial charge in [0.2, 0.25) is 0 Å². The molecule has 0 bridgehead atoms. The second kappa shape index (κ2) is 5.14. The standard InChI is InChI=1S/C9H8Cl2N2O3/c1-4(9(15)16)13-8(14)5-2-6(10)7(11)12-3-5/h2-4H,1H3,(H,13,14)(H,15,16). The van der Waals surface area contributed by atoms with E-state index in [1.54, 1.807) is 0 Å². The number of pyridine rings is 1. The van der Waals surface area contributed by atoms with E-state index in [0.717, 1.165) is 0 Å². The van der Waals surface area contributed by atoms with Gasteiger partial charge in [-0.2, -0.15) is 0 Å². The Morgan fingerprint density at radius 2 is 2.12 bits per heavy atom. The number of carbonyl (C=O) groups is 2. The summed E-state index contributed by atoms with van der Waals surface area (Å²) in [6, 6.07) is 0.336. The maximum absolute atomic E-state index is 11.5. The molecule has 1 rings (SSSR count). The van der Waals surface area contributed by atoms with Crippen LogP contribution in [0.5, 0.6) is 0 Å². The second-order valence-corrected chi connectivity index (χ2v) is 3.80. The average molecular weight is 263 g/mol. The van der Waals surface area contributed by atoms with Gasteiger partial charge in [0.05, 0.1) is 10.6 Å². The van der Waals surface area contributed by atoms with E-state index in [-0.39, 0.29) is 15.7 Å². The Morgan fingerprint density at radius 3 is 2.62 bits per heavy atom. The number of amides is 1. The van der Waals surface area contributed by atoms with Crippen LogP contribution in [0.2, 0.25) is 10.2 Å². The molecular formula is C9H8Cl2N2O3. The highest BCUT2D eigenvalue weighted by molar-refractivity contribution is 6.41. The Kier molecular flexibility index (Phi) is 4.09. The van der Waals surface area contributed by atoms with Crippen molar-refractivity contribution in [2.45, 2.75) is 13.0 Å². The molecule has 0 aliphatic heterocycles. The lowest BCUT2D eigenvalue weighted by atomic mass is 10.2. The Labute approximate surface area is 101 Å². The van der Waals surface area contributed by atoms with E-state index in [1.165, 1.54) is 19.2 Å². The molecule has 0 fully saturated rings. The van der Waals surface area contributed by atoms with Gasteiger partial charge in [0, 0.05) is 6.20 Å². The highest BCUT2D eigenvalue weighted by Gasteiger charge is 2.16. The second-order valence-electron chi connectivity index (χ2n) is 3.03. The van der Waals surface area contributed by atoms with Crippen LogP contribution in [0.3, 0.4) is 0 Å². The largest absolute Gasteiger partial charge is 0.480 e. The van der Waals surface area contributed by atoms with Crippen LogP contribution < -0.4 is 5.32 Å². The van der Waals surface area contributed by atoms with Gasteiger partial charge in [-0.05, 0) is 13.0 Å². The molecule has 0 aliphatic rings. The fraction of sp³-hybridized carbons (Fsp3) is 0.222. The number of hydrogen-bond acceptors (Lipinski definition) is 3. The highest BCUT2D eigenvalue weighted by Crippen LogP contribution is 2.19. The maximum atomic E-state index is 11.5. The Morgan fingerprint density at radius 1 is 1.50 bits per heavy atom. The number of rotatable bonds is 3. The number of halogens is 2. The van der Waals surface area contributed by atoms with Gasteiger partial charge in [0.25, 0.3) is 5.91 Å². The third-order valence-corrected chi connectivity index (χ3v) is 2.46. The first kappa shape index (κ1) is 12.7. The van der Waals surface area contributed by atoms with E-state index in [4.69, 9.17) is 28.3 Å². The van der Waals surface area contributed by atoms with E-state index < -0.39 is 17.9 Å². The van der Waals surface area contributed by atoms with Crippen LogP contribution in [0.15, 0.2) is 12.3 Å². The molecule has 0 spiro atoms. The molecule has 0 saturated carbocycles. The first-order valence-electron chi connectivity index (χ1n) is 4.26. The van der Waals surface area contributed by atoms with Crippen molar-refractivity contribution >= 4 is 35.1 Å². The fourth-order valence-electron chi connectivity index (χ4n) is 0.887. The number of nitrogens with zero attached hydrogens (tertiary/aromatic N) is 1. The monoisotopic (exact) mass is 262 g/mol. The van der Waals surface area contributed by atoms with Crippen molar-refractivity contribution in [2.75, 3.05) is 0 Å². The zero-order valence-electron chi connectivity index (χ0n) is 8.20. The number of carboxylic acids is 1. The molecule has 0 saturated heterocycles. The van der Waals surface area contributed by atoms with E-state index in [1.807, 2.05) is 0 Å². The quantitative estimate of drug-likeness (QED) is 0.811. The van der Waals surface area contributed by atoms with Crippen molar-refractivity contribution < 1.29 is 14.7 Å². The number of carboxylic acid groups (broad SMARTS) is 1. The van der Waals surface area contributed by atoms with E-state index in [2.05, 4.69) is 10.3 Å². The molecule has 86 valence electrons. The van der Waals surface area contributed by atoms with Crippen molar-refractivity contribution in [3.05, 3.63) is 28.0 Å². The summed E-state index contributed by atoms with van der Waals surface area (Å²) >= 11 is 11.2. The summed E-state index contributed by atoms with van der Waals surface area (Å²) in [5.41, 5.74) is 0.155. The first-order chi connectivity index (χ1) is 7.41. The van der Waals surface area contributed by atoms with Crippen LogP contribution in [0.4, 0.5) is 0 Å². The van der Waals surface area contributed by atoms with Crippen LogP contribution in [0, 0.1) is 0 Å². The summed E-state index contributed by atoms with van der Waals surface area (Å²) in [5.74, 6) is -1.69. The summed E-state index contributed by atoms with van der Waals surface area (Å²) in [7, 11) is 0. The van der Waals surface area contributed by atoms with Crippen LogP contribution in [0.1, 0.15) is 17.3 Å². The molecule has 7 heteroatoms. The zero-order valence-corrected chi connectivity index (χ0v) is 9.71. The first-order valence-corrected chi connectivity index (χ1v) is 5.02. The third kappa shape index (κ3) is 3.08. The number of hydrogen-bond donors (Lipinski definition) is 2. The minimum atomic E-state index is -1.12. The van der Waals surface area contributed by atoms with Gasteiger partial charge in [-0.1, -0.05) is 23.2 Å². The summed E-state index contributed by atoms with van der Waals surface area (Å²) in [4.78, 5) is 25.7. The third-order valence-electron chi connectivity index (χ3n) is 1.78. The molecule has 16 heavy (non-hydrogen) atoms. The maximum Gasteiger partial charge on any atom is 0.325 e. The van der Waals surface area contributed by atoms with Crippen LogP contribution in [-0.2, 0) is 4.79 Å². The van der Waals surface area contributed by atoms with Crippen molar-refractivity contribution in [2.24, 2.45) is 0 Å². The molecule has 5 nitrogen and oxygen atoms in total. The summed E-state index contributed by atoms with van der Waals surface area (Å²) in [6.07, 6.45) is 1.22. The topological polar surface area (TPSA) is 79.3 Å². The van der Waals surface area contributed by atoms with E-state index >= 15 is 0 Å². The minimum absolute atomic E-state index is 0.0875. The van der Waals surface area contributed by atoms with E-state index in [0.29, 0.717) is 0 Å². The van der Waals surface area contributed by atoms with Crippen molar-refractivity contribution in [1.29, 1.82) is 0 Å². The molecule has 1 aromatic rings. The molecular weight excluding hydrogens is 255 g/mol. The van der Waals surface area contributed by atoms with Crippen LogP contribution >= 0.6 is 23.2 Å². The molecule has 1 unspecified atom stereocenters. The SMILES string of the molecule is CC(NC(=O)c1cnc(Cl)c(Cl)c1)C(=O)O. The zero-order chi connectivity index (χ0) is 12.3. The molecule has 1 atom stereocenters. The Balaban J connectivity index is 2.81. The lowest BCUT2D eigenvalue weighted by Crippen LogP contribution is -2.38. The predicted molar refractivity (Wildman–Crippen MR) is 58.8 cm³/mol. The summed E-state index contributed by atoms with van der Waals surface area (Å²) < 4.78 is 0. The summed E-state index contributed by atoms with van der Waals surface area (Å²) in [6.45, 7) is 1.35. The van der Waals surface area contributed by atoms with Gasteiger partial charge >= 0.3 is 5.97 Å². The number of nitrogens with one attached hydrogen (secondary N) is 1. The van der Waals surface area contributed by atoms with Crippen molar-refractivity contribution in [3.8, 4) is 0 Å². The van der Waals surface area contributed by atoms with E-state index in [9.17, 15) is 9.59 Å². The average Bonchev–Trinajstić information content (AvgIpc) is 2.21. The van der Waals surface area contributed by atoms with Gasteiger partial charge in [-0.3, -0.25) is 9.59 Å². The molecule has 0 aliphatic carbocycles. The molecule has 2 N–H and O–H groups in total. The van der Waals surface area contributed by atoms with Gasteiger partial charge < -0.3 is 10.4 Å². The molecule has 1 heterocycles. The molecule has 1 aromatic heterocycles. The van der Waals surface area contributed by atoms with Gasteiger partial charge in [0.1, 0.15) is 11.2 Å². The fourth-order valence-corrected chi connectivity index (χ4v) is 1.16.